The molecular formula is C32H46FN6O9P. The van der Waals surface area contributed by atoms with Gasteiger partial charge in [-0.05, 0) is 87.8 Å². The van der Waals surface area contributed by atoms with Crippen LogP contribution in [0.1, 0.15) is 73.0 Å². The molecule has 0 spiro atoms. The number of halogens is 1. The number of carbonyl (C=O) groups is 4. The SMILES string of the molecule is Cc1[nH]c(/C=C2\C(=O)Nc3ccc(F)cc32)c(C)c1CCC(=O)N[C@H](CCCCNC(N)=O)C(=O)NCCCCC(CO)COP(=O)(O)O. The van der Waals surface area contributed by atoms with Gasteiger partial charge in [0.15, 0.2) is 0 Å². The van der Waals surface area contributed by atoms with Gasteiger partial charge in [-0.15, -0.1) is 0 Å². The lowest BCUT2D eigenvalue weighted by molar-refractivity contribution is -0.129. The number of aryl methyl sites for hydroxylation is 1. The van der Waals surface area contributed by atoms with Crippen LogP contribution in [0.4, 0.5) is 14.9 Å². The summed E-state index contributed by atoms with van der Waals surface area (Å²) in [5.74, 6) is -1.99. The van der Waals surface area contributed by atoms with E-state index in [1.165, 1.54) is 18.2 Å². The number of aliphatic hydroxyl groups excluding tert-OH is 1. The Kier molecular flexibility index (Phi) is 15.0. The highest BCUT2D eigenvalue weighted by Gasteiger charge is 2.26. The van der Waals surface area contributed by atoms with Gasteiger partial charge >= 0.3 is 13.9 Å². The molecule has 15 nitrogen and oxygen atoms in total. The number of carbonyl (C=O) groups excluding carboxylic acids is 4. The molecule has 1 aromatic heterocycles. The lowest BCUT2D eigenvalue weighted by Gasteiger charge is -2.19. The van der Waals surface area contributed by atoms with Crippen molar-refractivity contribution in [3.05, 3.63) is 52.1 Å². The van der Waals surface area contributed by atoms with Crippen LogP contribution in [0.15, 0.2) is 18.2 Å². The van der Waals surface area contributed by atoms with Gasteiger partial charge in [-0.3, -0.25) is 18.9 Å². The molecule has 270 valence electrons. The maximum atomic E-state index is 13.9. The Morgan fingerprint density at radius 1 is 1.08 bits per heavy atom. The van der Waals surface area contributed by atoms with E-state index >= 15 is 0 Å². The summed E-state index contributed by atoms with van der Waals surface area (Å²) in [7, 11) is -4.64. The fourth-order valence-electron chi connectivity index (χ4n) is 5.56. The van der Waals surface area contributed by atoms with E-state index in [0.29, 0.717) is 74.0 Å². The summed E-state index contributed by atoms with van der Waals surface area (Å²) >= 11 is 0. The number of phosphoric acid groups is 1. The van der Waals surface area contributed by atoms with Gasteiger partial charge in [0.1, 0.15) is 11.9 Å². The molecule has 17 heteroatoms. The van der Waals surface area contributed by atoms with Crippen molar-refractivity contribution in [2.75, 3.05) is 31.6 Å². The number of phosphoric ester groups is 1. The molecule has 0 bridgehead atoms. The molecule has 49 heavy (non-hydrogen) atoms. The quantitative estimate of drug-likeness (QED) is 0.0557. The standard InChI is InChI=1S/C32H46FN6O9P/c1-19-23(20(2)37-28(19)16-25-24-15-22(33)9-11-26(24)39-30(25)42)10-12-29(41)38-27(8-4-6-14-36-32(34)44)31(43)35-13-5-3-7-21(17-40)18-48-49(45,46)47/h9,11,15-16,21,27,37,40H,3-8,10,12-14,17-18H2,1-2H3,(H,35,43)(H,38,41)(H,39,42)(H3,34,36,44)(H2,45,46,47)/b25-16-/t21?,27-/m1/s1. The number of aromatic nitrogens is 1. The Morgan fingerprint density at radius 3 is 2.45 bits per heavy atom. The highest BCUT2D eigenvalue weighted by atomic mass is 31.2. The maximum Gasteiger partial charge on any atom is 0.469 e. The molecule has 0 radical (unpaired) electrons. The summed E-state index contributed by atoms with van der Waals surface area (Å²) in [4.78, 5) is 70.7. The Bertz CT molecular complexity index is 1570. The average Bonchev–Trinajstić information content (AvgIpc) is 3.48. The van der Waals surface area contributed by atoms with E-state index in [1.54, 1.807) is 6.08 Å². The number of H-pyrrole nitrogens is 1. The van der Waals surface area contributed by atoms with Gasteiger partial charge in [0.25, 0.3) is 5.91 Å². The molecule has 0 aliphatic carbocycles. The number of hydrogen-bond donors (Lipinski definition) is 9. The molecule has 2 atom stereocenters. The number of primary amides is 1. The first kappa shape index (κ1) is 39.4. The van der Waals surface area contributed by atoms with Crippen LogP contribution < -0.4 is 27.0 Å². The summed E-state index contributed by atoms with van der Waals surface area (Å²) in [6.45, 7) is 3.72. The van der Waals surface area contributed by atoms with Crippen LogP contribution in [0, 0.1) is 25.6 Å². The number of nitrogens with one attached hydrogen (secondary N) is 5. The molecule has 2 heterocycles. The van der Waals surface area contributed by atoms with Gasteiger partial charge in [0.2, 0.25) is 11.8 Å². The highest BCUT2D eigenvalue weighted by molar-refractivity contribution is 7.46. The van der Waals surface area contributed by atoms with E-state index in [9.17, 15) is 33.2 Å². The van der Waals surface area contributed by atoms with Crippen LogP contribution >= 0.6 is 7.82 Å². The summed E-state index contributed by atoms with van der Waals surface area (Å²) in [6.07, 6.45) is 4.97. The van der Waals surface area contributed by atoms with E-state index in [-0.39, 0.29) is 43.9 Å². The Balaban J connectivity index is 1.57. The summed E-state index contributed by atoms with van der Waals surface area (Å²) < 4.78 is 29.3. The van der Waals surface area contributed by atoms with Crippen molar-refractivity contribution >= 4 is 48.9 Å². The molecule has 0 saturated heterocycles. The van der Waals surface area contributed by atoms with E-state index in [0.717, 1.165) is 16.8 Å². The summed E-state index contributed by atoms with van der Waals surface area (Å²) in [5.41, 5.74) is 9.61. The average molecular weight is 709 g/mol. The number of aromatic amines is 1. The summed E-state index contributed by atoms with van der Waals surface area (Å²) in [6, 6.07) is 2.60. The van der Waals surface area contributed by atoms with E-state index in [2.05, 4.69) is 30.8 Å². The largest absolute Gasteiger partial charge is 0.469 e. The first-order valence-corrected chi connectivity index (χ1v) is 17.6. The molecular weight excluding hydrogens is 662 g/mol. The molecule has 0 fully saturated rings. The van der Waals surface area contributed by atoms with Crippen molar-refractivity contribution in [2.45, 2.75) is 71.3 Å². The fourth-order valence-corrected chi connectivity index (χ4v) is 5.97. The molecule has 0 saturated carbocycles. The maximum absolute atomic E-state index is 13.9. The first-order chi connectivity index (χ1) is 23.2. The number of unbranched alkanes of at least 4 members (excludes halogenated alkanes) is 2. The van der Waals surface area contributed by atoms with Crippen LogP contribution in [0.3, 0.4) is 0 Å². The number of benzene rings is 1. The van der Waals surface area contributed by atoms with Crippen LogP contribution in [-0.2, 0) is 29.9 Å². The monoisotopic (exact) mass is 708 g/mol. The number of urea groups is 1. The zero-order valence-electron chi connectivity index (χ0n) is 27.6. The number of rotatable bonds is 20. The third kappa shape index (κ3) is 12.7. The third-order valence-corrected chi connectivity index (χ3v) is 8.72. The van der Waals surface area contributed by atoms with Crippen molar-refractivity contribution in [1.82, 2.24) is 20.9 Å². The Labute approximate surface area is 283 Å². The zero-order valence-corrected chi connectivity index (χ0v) is 28.5. The van der Waals surface area contributed by atoms with Crippen LogP contribution in [0.25, 0.3) is 11.6 Å². The van der Waals surface area contributed by atoms with Crippen molar-refractivity contribution in [3.8, 4) is 0 Å². The zero-order chi connectivity index (χ0) is 36.1. The molecule has 10 N–H and O–H groups in total. The molecule has 3 rings (SSSR count). The van der Waals surface area contributed by atoms with E-state index in [4.69, 9.17) is 15.5 Å². The Morgan fingerprint density at radius 2 is 1.78 bits per heavy atom. The van der Waals surface area contributed by atoms with Gasteiger partial charge in [-0.25, -0.2) is 13.8 Å². The van der Waals surface area contributed by atoms with Crippen molar-refractivity contribution in [1.29, 1.82) is 0 Å². The first-order valence-electron chi connectivity index (χ1n) is 16.1. The minimum absolute atomic E-state index is 0.0797. The molecule has 2 aromatic rings. The van der Waals surface area contributed by atoms with Gasteiger partial charge in [-0.2, -0.15) is 0 Å². The normalized spacial score (nSPS) is 14.7. The molecule has 1 unspecified atom stereocenters. The second-order valence-electron chi connectivity index (χ2n) is 12.0. The second kappa shape index (κ2) is 18.6. The number of fused-ring (bicyclic) bond motifs is 1. The van der Waals surface area contributed by atoms with Crippen molar-refractivity contribution in [2.24, 2.45) is 11.7 Å². The lowest BCUT2D eigenvalue weighted by atomic mass is 10.0. The number of aliphatic hydroxyl groups is 1. The van der Waals surface area contributed by atoms with Gasteiger partial charge in [0, 0.05) is 54.7 Å². The highest BCUT2D eigenvalue weighted by Crippen LogP contribution is 2.37. The topological polar surface area (TPSA) is 245 Å². The fraction of sp³-hybridized carbons (Fsp3) is 0.500. The van der Waals surface area contributed by atoms with Crippen LogP contribution in [0.2, 0.25) is 0 Å². The third-order valence-electron chi connectivity index (χ3n) is 8.23. The Hall–Kier alpha value is -4.08. The minimum Gasteiger partial charge on any atom is -0.396 e. The number of anilines is 1. The lowest BCUT2D eigenvalue weighted by Crippen LogP contribution is -2.47. The number of hydrogen-bond acceptors (Lipinski definition) is 7. The van der Waals surface area contributed by atoms with Crippen molar-refractivity contribution in [3.63, 3.8) is 0 Å². The van der Waals surface area contributed by atoms with Gasteiger partial charge in [0.05, 0.1) is 12.2 Å². The molecule has 5 amide bonds. The van der Waals surface area contributed by atoms with Crippen LogP contribution in [0.5, 0.6) is 0 Å². The molecule has 1 aliphatic rings. The van der Waals surface area contributed by atoms with E-state index < -0.39 is 31.6 Å². The van der Waals surface area contributed by atoms with Crippen LogP contribution in [-0.4, -0.2) is 76.0 Å². The number of amides is 5. The van der Waals surface area contributed by atoms with Crippen molar-refractivity contribution < 1.29 is 47.6 Å². The predicted molar refractivity (Wildman–Crippen MR) is 180 cm³/mol. The van der Waals surface area contributed by atoms with Gasteiger partial charge < -0.3 is 46.9 Å². The second-order valence-corrected chi connectivity index (χ2v) is 13.2. The molecule has 1 aliphatic heterocycles. The van der Waals surface area contributed by atoms with Gasteiger partial charge in [-0.1, -0.05) is 6.42 Å². The van der Waals surface area contributed by atoms with E-state index in [1.807, 2.05) is 13.8 Å². The molecule has 1 aromatic carbocycles. The predicted octanol–water partition coefficient (Wildman–Crippen LogP) is 2.52. The summed E-state index contributed by atoms with van der Waals surface area (Å²) in [5, 5.41) is 20.3. The number of nitrogens with two attached hydrogens (primary N) is 1. The smallest absolute Gasteiger partial charge is 0.396 e. The minimum atomic E-state index is -4.64.